The Bertz CT molecular complexity index is 947. The number of hydrogen-bond acceptors (Lipinski definition) is 4. The van der Waals surface area contributed by atoms with Gasteiger partial charge >= 0.3 is 0 Å². The van der Waals surface area contributed by atoms with Gasteiger partial charge in [-0.05, 0) is 42.8 Å². The zero-order valence-corrected chi connectivity index (χ0v) is 16.3. The quantitative estimate of drug-likeness (QED) is 0.742. The van der Waals surface area contributed by atoms with Gasteiger partial charge in [0.25, 0.3) is 5.91 Å². The van der Waals surface area contributed by atoms with Gasteiger partial charge in [-0.3, -0.25) is 4.79 Å². The molecule has 0 aromatic heterocycles. The number of carbonyl (C=O) groups excluding carboxylic acids is 1. The molecule has 0 radical (unpaired) electrons. The standard InChI is InChI=1S/C20H22N2O4S/c1-5-13-21-27(24,25)19-8-6-7-17(14-19)20(23)22(3)15(2)16-9-11-18(26-4)12-10-16/h1,6-12,14-15,21H,13H2,2-4H3. The summed E-state index contributed by atoms with van der Waals surface area (Å²) < 4.78 is 31.8. The van der Waals surface area contributed by atoms with Gasteiger partial charge in [-0.25, -0.2) is 8.42 Å². The summed E-state index contributed by atoms with van der Waals surface area (Å²) in [7, 11) is -0.495. The van der Waals surface area contributed by atoms with Gasteiger partial charge in [0, 0.05) is 12.6 Å². The third-order valence-corrected chi connectivity index (χ3v) is 5.65. The molecule has 0 heterocycles. The number of sulfonamides is 1. The third kappa shape index (κ3) is 4.88. The maximum absolute atomic E-state index is 12.8. The van der Waals surface area contributed by atoms with Crippen molar-refractivity contribution in [3.63, 3.8) is 0 Å². The van der Waals surface area contributed by atoms with Crippen molar-refractivity contribution in [3.05, 3.63) is 59.7 Å². The topological polar surface area (TPSA) is 75.7 Å². The van der Waals surface area contributed by atoms with Crippen LogP contribution < -0.4 is 9.46 Å². The van der Waals surface area contributed by atoms with Gasteiger partial charge in [0.05, 0.1) is 24.6 Å². The average Bonchev–Trinajstić information content (AvgIpc) is 2.70. The van der Waals surface area contributed by atoms with E-state index in [1.165, 1.54) is 18.2 Å². The second-order valence-electron chi connectivity index (χ2n) is 5.92. The average molecular weight is 386 g/mol. The lowest BCUT2D eigenvalue weighted by molar-refractivity contribution is 0.0742. The molecule has 6 nitrogen and oxygen atoms in total. The minimum Gasteiger partial charge on any atom is -0.497 e. The number of amides is 1. The van der Waals surface area contributed by atoms with Crippen LogP contribution in [-0.2, 0) is 10.0 Å². The third-order valence-electron chi connectivity index (χ3n) is 4.26. The van der Waals surface area contributed by atoms with Crippen molar-refractivity contribution in [2.45, 2.75) is 17.9 Å². The first-order valence-corrected chi connectivity index (χ1v) is 9.72. The molecule has 1 amide bonds. The molecule has 0 bridgehead atoms. The molecule has 0 saturated carbocycles. The van der Waals surface area contributed by atoms with Gasteiger partial charge in [0.1, 0.15) is 5.75 Å². The van der Waals surface area contributed by atoms with Crippen molar-refractivity contribution < 1.29 is 17.9 Å². The molecular weight excluding hydrogens is 364 g/mol. The first-order chi connectivity index (χ1) is 12.8. The van der Waals surface area contributed by atoms with Crippen molar-refractivity contribution in [2.75, 3.05) is 20.7 Å². The summed E-state index contributed by atoms with van der Waals surface area (Å²) in [6.07, 6.45) is 5.09. The van der Waals surface area contributed by atoms with E-state index in [2.05, 4.69) is 10.6 Å². The van der Waals surface area contributed by atoms with Gasteiger partial charge in [0.2, 0.25) is 10.0 Å². The molecule has 0 aliphatic rings. The molecule has 1 unspecified atom stereocenters. The molecule has 27 heavy (non-hydrogen) atoms. The molecule has 1 N–H and O–H groups in total. The van der Waals surface area contributed by atoms with Crippen LogP contribution in [0.4, 0.5) is 0 Å². The van der Waals surface area contributed by atoms with E-state index in [0.717, 1.165) is 11.3 Å². The van der Waals surface area contributed by atoms with Gasteiger partial charge < -0.3 is 9.64 Å². The molecule has 2 aromatic carbocycles. The summed E-state index contributed by atoms with van der Waals surface area (Å²) in [5.41, 5.74) is 1.22. The van der Waals surface area contributed by atoms with E-state index in [1.54, 1.807) is 25.1 Å². The van der Waals surface area contributed by atoms with Crippen molar-refractivity contribution in [2.24, 2.45) is 0 Å². The Morgan fingerprint density at radius 3 is 2.52 bits per heavy atom. The van der Waals surface area contributed by atoms with E-state index in [4.69, 9.17) is 11.2 Å². The van der Waals surface area contributed by atoms with Crippen molar-refractivity contribution in [3.8, 4) is 18.1 Å². The first-order valence-electron chi connectivity index (χ1n) is 8.24. The predicted molar refractivity (Wildman–Crippen MR) is 104 cm³/mol. The maximum atomic E-state index is 12.8. The summed E-state index contributed by atoms with van der Waals surface area (Å²) in [6, 6.07) is 13.1. The lowest BCUT2D eigenvalue weighted by atomic mass is 10.1. The Morgan fingerprint density at radius 2 is 1.93 bits per heavy atom. The van der Waals surface area contributed by atoms with Gasteiger partial charge in [-0.15, -0.1) is 6.42 Å². The van der Waals surface area contributed by atoms with E-state index in [9.17, 15) is 13.2 Å². The Balaban J connectivity index is 2.23. The molecule has 0 spiro atoms. The zero-order chi connectivity index (χ0) is 20.0. The summed E-state index contributed by atoms with van der Waals surface area (Å²) in [5, 5.41) is 0. The molecule has 0 saturated heterocycles. The van der Waals surface area contributed by atoms with E-state index in [0.29, 0.717) is 0 Å². The molecule has 0 fully saturated rings. The van der Waals surface area contributed by atoms with E-state index in [1.807, 2.05) is 31.2 Å². The predicted octanol–water partition coefficient (Wildman–Crippen LogP) is 2.44. The van der Waals surface area contributed by atoms with E-state index in [-0.39, 0.29) is 29.0 Å². The molecule has 7 heteroatoms. The number of nitrogens with one attached hydrogen (secondary N) is 1. The smallest absolute Gasteiger partial charge is 0.254 e. The van der Waals surface area contributed by atoms with Gasteiger partial charge in [0.15, 0.2) is 0 Å². The van der Waals surface area contributed by atoms with Crippen LogP contribution in [0.2, 0.25) is 0 Å². The summed E-state index contributed by atoms with van der Waals surface area (Å²) in [4.78, 5) is 14.4. The second-order valence-corrected chi connectivity index (χ2v) is 7.69. The Hall–Kier alpha value is -2.82. The summed E-state index contributed by atoms with van der Waals surface area (Å²) in [5.74, 6) is 2.66. The molecule has 0 aliphatic carbocycles. The van der Waals surface area contributed by atoms with E-state index >= 15 is 0 Å². The van der Waals surface area contributed by atoms with Crippen LogP contribution in [0, 0.1) is 12.3 Å². The molecule has 2 rings (SSSR count). The van der Waals surface area contributed by atoms with Crippen LogP contribution in [-0.4, -0.2) is 39.9 Å². The van der Waals surface area contributed by atoms with Crippen LogP contribution in [0.5, 0.6) is 5.75 Å². The highest BCUT2D eigenvalue weighted by atomic mass is 32.2. The highest BCUT2D eigenvalue weighted by molar-refractivity contribution is 7.89. The van der Waals surface area contributed by atoms with Crippen LogP contribution in [0.1, 0.15) is 28.9 Å². The number of ether oxygens (including phenoxy) is 1. The second kappa shape index (κ2) is 8.71. The number of benzene rings is 2. The van der Waals surface area contributed by atoms with Crippen LogP contribution in [0.3, 0.4) is 0 Å². The lowest BCUT2D eigenvalue weighted by Gasteiger charge is -2.25. The van der Waals surface area contributed by atoms with Crippen LogP contribution >= 0.6 is 0 Å². The zero-order valence-electron chi connectivity index (χ0n) is 15.5. The maximum Gasteiger partial charge on any atom is 0.254 e. The highest BCUT2D eigenvalue weighted by Gasteiger charge is 2.21. The molecule has 2 aromatic rings. The first kappa shape index (κ1) is 20.5. The molecule has 0 aliphatic heterocycles. The number of rotatable bonds is 7. The molecule has 142 valence electrons. The number of nitrogens with zero attached hydrogens (tertiary/aromatic N) is 1. The van der Waals surface area contributed by atoms with Crippen molar-refractivity contribution in [1.82, 2.24) is 9.62 Å². The molecule has 1 atom stereocenters. The van der Waals surface area contributed by atoms with Gasteiger partial charge in [-0.2, -0.15) is 4.72 Å². The lowest BCUT2D eigenvalue weighted by Crippen LogP contribution is -2.30. The Morgan fingerprint density at radius 1 is 1.26 bits per heavy atom. The van der Waals surface area contributed by atoms with Crippen molar-refractivity contribution >= 4 is 15.9 Å². The largest absolute Gasteiger partial charge is 0.497 e. The molecular formula is C20H22N2O4S. The summed E-state index contributed by atoms with van der Waals surface area (Å²) >= 11 is 0. The van der Waals surface area contributed by atoms with Gasteiger partial charge in [-0.1, -0.05) is 24.1 Å². The summed E-state index contributed by atoms with van der Waals surface area (Å²) in [6.45, 7) is 1.78. The highest BCUT2D eigenvalue weighted by Crippen LogP contribution is 2.23. The minimum absolute atomic E-state index is 0.00546. The Kier molecular flexibility index (Phi) is 6.61. The number of methoxy groups -OCH3 is 1. The van der Waals surface area contributed by atoms with E-state index < -0.39 is 10.0 Å². The number of carbonyl (C=O) groups is 1. The SMILES string of the molecule is C#CCNS(=O)(=O)c1cccc(C(=O)N(C)C(C)c2ccc(OC)cc2)c1. The van der Waals surface area contributed by atoms with Crippen molar-refractivity contribution in [1.29, 1.82) is 0 Å². The monoisotopic (exact) mass is 386 g/mol. The number of hydrogen-bond donors (Lipinski definition) is 1. The normalized spacial score (nSPS) is 12.1. The minimum atomic E-state index is -3.76. The van der Waals surface area contributed by atoms with Crippen LogP contribution in [0.15, 0.2) is 53.4 Å². The fourth-order valence-electron chi connectivity index (χ4n) is 2.50. The fraction of sp³-hybridized carbons (Fsp3) is 0.250. The number of terminal acetylenes is 1. The van der Waals surface area contributed by atoms with Crippen LogP contribution in [0.25, 0.3) is 0 Å². The Labute approximate surface area is 160 Å². The fourth-order valence-corrected chi connectivity index (χ4v) is 3.48.